The van der Waals surface area contributed by atoms with E-state index < -0.39 is 5.82 Å². The maximum Gasteiger partial charge on any atom is 0.221 e. The van der Waals surface area contributed by atoms with E-state index in [9.17, 15) is 14.3 Å². The topological polar surface area (TPSA) is 70.6 Å². The van der Waals surface area contributed by atoms with Crippen LogP contribution < -0.4 is 10.6 Å². The van der Waals surface area contributed by atoms with Crippen LogP contribution in [0, 0.1) is 5.82 Å². The molecule has 0 saturated heterocycles. The van der Waals surface area contributed by atoms with E-state index in [1.165, 1.54) is 18.2 Å². The summed E-state index contributed by atoms with van der Waals surface area (Å²) in [5.41, 5.74) is 0.472. The molecular formula is C13H19FN2O3. The molecule has 0 aromatic heterocycles. The Bertz CT molecular complexity index is 413. The summed E-state index contributed by atoms with van der Waals surface area (Å²) < 4.78 is 17.7. The molecule has 0 atom stereocenters. The summed E-state index contributed by atoms with van der Waals surface area (Å²) in [6.07, 6.45) is 0.319. The summed E-state index contributed by atoms with van der Waals surface area (Å²) in [4.78, 5) is 11.3. The normalized spacial score (nSPS) is 10.4. The van der Waals surface area contributed by atoms with Gasteiger partial charge in [-0.15, -0.1) is 0 Å². The van der Waals surface area contributed by atoms with Crippen LogP contribution in [0.4, 0.5) is 4.39 Å². The number of methoxy groups -OCH3 is 1. The molecule has 6 heteroatoms. The Morgan fingerprint density at radius 1 is 1.42 bits per heavy atom. The minimum atomic E-state index is -0.396. The number of aromatic hydroxyl groups is 1. The zero-order valence-electron chi connectivity index (χ0n) is 10.9. The SMILES string of the molecule is COCCNC(=O)CCNCc1cc(F)ccc1O. The largest absolute Gasteiger partial charge is 0.508 e. The molecule has 0 aliphatic heterocycles. The highest BCUT2D eigenvalue weighted by Crippen LogP contribution is 2.17. The Balaban J connectivity index is 2.20. The number of halogens is 1. The van der Waals surface area contributed by atoms with E-state index in [0.717, 1.165) is 0 Å². The van der Waals surface area contributed by atoms with Crippen LogP contribution in [-0.4, -0.2) is 37.8 Å². The maximum absolute atomic E-state index is 12.9. The third kappa shape index (κ3) is 6.17. The number of hydrogen-bond donors (Lipinski definition) is 3. The quantitative estimate of drug-likeness (QED) is 0.610. The molecule has 0 spiro atoms. The fourth-order valence-electron chi connectivity index (χ4n) is 1.50. The zero-order chi connectivity index (χ0) is 14.1. The second-order valence-corrected chi connectivity index (χ2v) is 4.04. The van der Waals surface area contributed by atoms with E-state index in [0.29, 0.717) is 38.2 Å². The second-order valence-electron chi connectivity index (χ2n) is 4.04. The molecule has 3 N–H and O–H groups in total. The Kier molecular flexibility index (Phi) is 6.84. The minimum absolute atomic E-state index is 0.0402. The van der Waals surface area contributed by atoms with E-state index >= 15 is 0 Å². The summed E-state index contributed by atoms with van der Waals surface area (Å²) in [6, 6.07) is 3.77. The minimum Gasteiger partial charge on any atom is -0.508 e. The van der Waals surface area contributed by atoms with Gasteiger partial charge in [-0.25, -0.2) is 4.39 Å². The first kappa shape index (κ1) is 15.4. The van der Waals surface area contributed by atoms with E-state index in [-0.39, 0.29) is 11.7 Å². The lowest BCUT2D eigenvalue weighted by Crippen LogP contribution is -2.29. The average Bonchev–Trinajstić information content (AvgIpc) is 2.39. The Labute approximate surface area is 111 Å². The molecule has 1 amide bonds. The summed E-state index contributed by atoms with van der Waals surface area (Å²) >= 11 is 0. The molecule has 5 nitrogen and oxygen atoms in total. The lowest BCUT2D eigenvalue weighted by atomic mass is 10.2. The van der Waals surface area contributed by atoms with Crippen LogP contribution in [0.15, 0.2) is 18.2 Å². The predicted octanol–water partition coefficient (Wildman–Crippen LogP) is 0.774. The van der Waals surface area contributed by atoms with Crippen LogP contribution in [0.3, 0.4) is 0 Å². The monoisotopic (exact) mass is 270 g/mol. The van der Waals surface area contributed by atoms with Crippen molar-refractivity contribution in [2.45, 2.75) is 13.0 Å². The van der Waals surface area contributed by atoms with Crippen LogP contribution in [-0.2, 0) is 16.1 Å². The van der Waals surface area contributed by atoms with Gasteiger partial charge in [-0.1, -0.05) is 0 Å². The summed E-state index contributed by atoms with van der Waals surface area (Å²) in [5, 5.41) is 15.1. The van der Waals surface area contributed by atoms with Gasteiger partial charge >= 0.3 is 0 Å². The molecular weight excluding hydrogens is 251 g/mol. The lowest BCUT2D eigenvalue weighted by Gasteiger charge is -2.07. The molecule has 0 radical (unpaired) electrons. The van der Waals surface area contributed by atoms with Crippen LogP contribution in [0.2, 0.25) is 0 Å². The number of phenols is 1. The molecule has 1 rings (SSSR count). The molecule has 1 aromatic carbocycles. The van der Waals surface area contributed by atoms with E-state index in [4.69, 9.17) is 4.74 Å². The average molecular weight is 270 g/mol. The van der Waals surface area contributed by atoms with Crippen molar-refractivity contribution in [2.24, 2.45) is 0 Å². The van der Waals surface area contributed by atoms with Crippen molar-refractivity contribution < 1.29 is 19.0 Å². The highest BCUT2D eigenvalue weighted by atomic mass is 19.1. The first-order valence-corrected chi connectivity index (χ1v) is 6.07. The van der Waals surface area contributed by atoms with Gasteiger partial charge < -0.3 is 20.5 Å². The Morgan fingerprint density at radius 2 is 2.21 bits per heavy atom. The predicted molar refractivity (Wildman–Crippen MR) is 69.3 cm³/mol. The van der Waals surface area contributed by atoms with Crippen LogP contribution in [0.25, 0.3) is 0 Å². The highest BCUT2D eigenvalue weighted by molar-refractivity contribution is 5.76. The number of benzene rings is 1. The van der Waals surface area contributed by atoms with Crippen molar-refractivity contribution in [2.75, 3.05) is 26.8 Å². The Morgan fingerprint density at radius 3 is 2.95 bits per heavy atom. The number of nitrogens with one attached hydrogen (secondary N) is 2. The smallest absolute Gasteiger partial charge is 0.221 e. The number of carbonyl (C=O) groups excluding carboxylic acids is 1. The summed E-state index contributed by atoms with van der Waals surface area (Å²) in [7, 11) is 1.57. The third-order valence-corrected chi connectivity index (χ3v) is 2.51. The van der Waals surface area contributed by atoms with Crippen molar-refractivity contribution in [3.8, 4) is 5.75 Å². The zero-order valence-corrected chi connectivity index (χ0v) is 10.9. The van der Waals surface area contributed by atoms with Crippen molar-refractivity contribution in [3.05, 3.63) is 29.6 Å². The highest BCUT2D eigenvalue weighted by Gasteiger charge is 2.03. The third-order valence-electron chi connectivity index (χ3n) is 2.51. The first-order chi connectivity index (χ1) is 9.13. The van der Waals surface area contributed by atoms with Gasteiger partial charge in [0, 0.05) is 38.7 Å². The number of hydrogen-bond acceptors (Lipinski definition) is 4. The molecule has 19 heavy (non-hydrogen) atoms. The fourth-order valence-corrected chi connectivity index (χ4v) is 1.50. The van der Waals surface area contributed by atoms with Gasteiger partial charge in [0.2, 0.25) is 5.91 Å². The van der Waals surface area contributed by atoms with Gasteiger partial charge in [0.15, 0.2) is 0 Å². The second kappa shape index (κ2) is 8.44. The molecule has 0 fully saturated rings. The summed E-state index contributed by atoms with van der Waals surface area (Å²) in [6.45, 7) is 1.74. The van der Waals surface area contributed by atoms with Crippen molar-refractivity contribution in [1.29, 1.82) is 0 Å². The molecule has 0 saturated carbocycles. The molecule has 0 unspecified atom stereocenters. The van der Waals surface area contributed by atoms with Gasteiger partial charge in [-0.05, 0) is 18.2 Å². The van der Waals surface area contributed by atoms with Gasteiger partial charge in [0.1, 0.15) is 11.6 Å². The standard InChI is InChI=1S/C13H19FN2O3/c1-19-7-6-16-13(18)4-5-15-9-10-8-11(14)2-3-12(10)17/h2-3,8,15,17H,4-7,9H2,1H3,(H,16,18). The molecule has 0 bridgehead atoms. The van der Waals surface area contributed by atoms with Crippen LogP contribution in [0.1, 0.15) is 12.0 Å². The fraction of sp³-hybridized carbons (Fsp3) is 0.462. The number of ether oxygens (including phenoxy) is 1. The maximum atomic E-state index is 12.9. The van der Waals surface area contributed by atoms with Crippen molar-refractivity contribution >= 4 is 5.91 Å². The molecule has 0 aliphatic carbocycles. The van der Waals surface area contributed by atoms with E-state index in [1.54, 1.807) is 7.11 Å². The Hall–Kier alpha value is -1.66. The number of amides is 1. The number of phenolic OH excluding ortho intramolecular Hbond substituents is 1. The molecule has 0 heterocycles. The van der Waals surface area contributed by atoms with Crippen LogP contribution in [0.5, 0.6) is 5.75 Å². The summed E-state index contributed by atoms with van der Waals surface area (Å²) in [5.74, 6) is -0.432. The van der Waals surface area contributed by atoms with Crippen molar-refractivity contribution in [3.63, 3.8) is 0 Å². The molecule has 0 aliphatic rings. The number of rotatable bonds is 8. The first-order valence-electron chi connectivity index (χ1n) is 6.07. The van der Waals surface area contributed by atoms with E-state index in [2.05, 4.69) is 10.6 Å². The van der Waals surface area contributed by atoms with Crippen LogP contribution >= 0.6 is 0 Å². The molecule has 106 valence electrons. The van der Waals surface area contributed by atoms with Gasteiger partial charge in [0.25, 0.3) is 0 Å². The lowest BCUT2D eigenvalue weighted by molar-refractivity contribution is -0.121. The van der Waals surface area contributed by atoms with Gasteiger partial charge in [-0.2, -0.15) is 0 Å². The van der Waals surface area contributed by atoms with Gasteiger partial charge in [-0.3, -0.25) is 4.79 Å². The molecule has 1 aromatic rings. The van der Waals surface area contributed by atoms with Crippen molar-refractivity contribution in [1.82, 2.24) is 10.6 Å². The number of carbonyl (C=O) groups is 1. The van der Waals surface area contributed by atoms with Gasteiger partial charge in [0.05, 0.1) is 6.61 Å². The van der Waals surface area contributed by atoms with E-state index in [1.807, 2.05) is 0 Å².